The largest absolute Gasteiger partial charge is 0.454 e. The van der Waals surface area contributed by atoms with Gasteiger partial charge in [-0.2, -0.15) is 0 Å². The van der Waals surface area contributed by atoms with Crippen molar-refractivity contribution in [3.63, 3.8) is 0 Å². The molecule has 0 aliphatic carbocycles. The number of imide groups is 1. The first-order valence-corrected chi connectivity index (χ1v) is 10.7. The number of hydrogen-bond acceptors (Lipinski definition) is 5. The monoisotopic (exact) mass is 449 g/mol. The number of ether oxygens (including phenoxy) is 1. The van der Waals surface area contributed by atoms with Crippen LogP contribution in [-0.4, -0.2) is 30.2 Å². The first-order valence-electron chi connectivity index (χ1n) is 10.7. The summed E-state index contributed by atoms with van der Waals surface area (Å²) in [7, 11) is 0. The van der Waals surface area contributed by atoms with Gasteiger partial charge in [-0.1, -0.05) is 66.2 Å². The van der Waals surface area contributed by atoms with Gasteiger partial charge in [0.05, 0.1) is 22.4 Å². The van der Waals surface area contributed by atoms with Crippen molar-refractivity contribution >= 4 is 40.0 Å². The van der Waals surface area contributed by atoms with Crippen LogP contribution >= 0.6 is 0 Å². The van der Waals surface area contributed by atoms with E-state index in [0.717, 1.165) is 21.2 Å². The summed E-state index contributed by atoms with van der Waals surface area (Å²) >= 11 is 0. The lowest BCUT2D eigenvalue weighted by Crippen LogP contribution is -2.29. The van der Waals surface area contributed by atoms with Crippen LogP contribution in [-0.2, 0) is 4.74 Å². The number of rotatable bonds is 5. The molecule has 2 amide bonds. The highest BCUT2D eigenvalue weighted by atomic mass is 16.5. The van der Waals surface area contributed by atoms with Crippen LogP contribution in [0.25, 0.3) is 10.8 Å². The average Bonchev–Trinajstić information content (AvgIpc) is 3.11. The maximum atomic E-state index is 13.2. The fraction of sp³-hybridized carbons (Fsp3) is 0.0714. The highest BCUT2D eigenvalue weighted by molar-refractivity contribution is 6.36. The van der Waals surface area contributed by atoms with E-state index in [2.05, 4.69) is 0 Å². The van der Waals surface area contributed by atoms with Crippen molar-refractivity contribution in [1.29, 1.82) is 0 Å². The minimum Gasteiger partial charge on any atom is -0.454 e. The zero-order valence-corrected chi connectivity index (χ0v) is 18.3. The van der Waals surface area contributed by atoms with Crippen molar-refractivity contribution in [2.24, 2.45) is 0 Å². The van der Waals surface area contributed by atoms with Gasteiger partial charge >= 0.3 is 5.97 Å². The van der Waals surface area contributed by atoms with Crippen molar-refractivity contribution in [2.45, 2.75) is 6.92 Å². The Kier molecular flexibility index (Phi) is 5.26. The van der Waals surface area contributed by atoms with E-state index in [1.807, 2.05) is 37.3 Å². The predicted octanol–water partition coefficient (Wildman–Crippen LogP) is 4.99. The second-order valence-electron chi connectivity index (χ2n) is 8.07. The number of Topliss-reactive ketones (excluding diaryl/α,β-unsaturated/α-hetero) is 1. The molecule has 166 valence electrons. The molecule has 6 heteroatoms. The molecule has 0 unspecified atom stereocenters. The van der Waals surface area contributed by atoms with Crippen LogP contribution < -0.4 is 4.90 Å². The fourth-order valence-electron chi connectivity index (χ4n) is 4.03. The molecule has 1 heterocycles. The van der Waals surface area contributed by atoms with Gasteiger partial charge in [0.25, 0.3) is 11.8 Å². The van der Waals surface area contributed by atoms with Gasteiger partial charge in [-0.25, -0.2) is 9.69 Å². The van der Waals surface area contributed by atoms with Crippen molar-refractivity contribution < 1.29 is 23.9 Å². The van der Waals surface area contributed by atoms with E-state index in [0.29, 0.717) is 11.3 Å². The Morgan fingerprint density at radius 2 is 1.44 bits per heavy atom. The number of amides is 2. The Hall–Kier alpha value is -4.58. The molecule has 4 aromatic carbocycles. The maximum absolute atomic E-state index is 13.2. The molecule has 0 bridgehead atoms. The summed E-state index contributed by atoms with van der Waals surface area (Å²) < 4.78 is 5.17. The van der Waals surface area contributed by atoms with E-state index in [9.17, 15) is 19.2 Å². The molecule has 34 heavy (non-hydrogen) atoms. The zero-order valence-electron chi connectivity index (χ0n) is 18.3. The molecule has 5 rings (SSSR count). The summed E-state index contributed by atoms with van der Waals surface area (Å²) in [6.45, 7) is 1.49. The van der Waals surface area contributed by atoms with Crippen LogP contribution in [0.15, 0.2) is 84.9 Å². The third-order valence-electron chi connectivity index (χ3n) is 5.84. The van der Waals surface area contributed by atoms with E-state index in [1.54, 1.807) is 36.4 Å². The molecule has 0 N–H and O–H groups in total. The second kappa shape index (κ2) is 8.41. The Morgan fingerprint density at radius 1 is 0.765 bits per heavy atom. The van der Waals surface area contributed by atoms with Crippen molar-refractivity contribution in [2.75, 3.05) is 11.5 Å². The summed E-state index contributed by atoms with van der Waals surface area (Å²) in [4.78, 5) is 52.3. The average molecular weight is 449 g/mol. The molecule has 0 spiro atoms. The number of fused-ring (bicyclic) bond motifs is 2. The molecular weight excluding hydrogens is 430 g/mol. The Bertz CT molecular complexity index is 1480. The summed E-state index contributed by atoms with van der Waals surface area (Å²) in [5.41, 5.74) is 2.37. The summed E-state index contributed by atoms with van der Waals surface area (Å²) in [6.07, 6.45) is 0. The smallest absolute Gasteiger partial charge is 0.338 e. The van der Waals surface area contributed by atoms with Crippen molar-refractivity contribution in [1.82, 2.24) is 0 Å². The van der Waals surface area contributed by atoms with E-state index < -0.39 is 24.4 Å². The van der Waals surface area contributed by atoms with Crippen LogP contribution in [0.5, 0.6) is 0 Å². The third kappa shape index (κ3) is 3.65. The predicted molar refractivity (Wildman–Crippen MR) is 127 cm³/mol. The van der Waals surface area contributed by atoms with Crippen LogP contribution in [0.1, 0.15) is 47.0 Å². The highest BCUT2D eigenvalue weighted by Crippen LogP contribution is 2.34. The number of aryl methyl sites for hydroxylation is 1. The van der Waals surface area contributed by atoms with Gasteiger partial charge in [-0.15, -0.1) is 0 Å². The lowest BCUT2D eigenvalue weighted by Gasteiger charge is -2.16. The van der Waals surface area contributed by atoms with E-state index in [4.69, 9.17) is 4.74 Å². The number of nitrogens with zero attached hydrogens (tertiary/aromatic N) is 1. The van der Waals surface area contributed by atoms with Gasteiger partial charge in [-0.3, -0.25) is 14.4 Å². The van der Waals surface area contributed by atoms with Gasteiger partial charge in [0.1, 0.15) is 0 Å². The zero-order chi connectivity index (χ0) is 23.8. The van der Waals surface area contributed by atoms with Crippen LogP contribution in [0.2, 0.25) is 0 Å². The summed E-state index contributed by atoms with van der Waals surface area (Å²) in [5.74, 6) is -2.04. The lowest BCUT2D eigenvalue weighted by molar-refractivity contribution is 0.0474. The Labute approximate surface area is 195 Å². The Morgan fingerprint density at radius 3 is 2.24 bits per heavy atom. The minimum absolute atomic E-state index is 0.0939. The fourth-order valence-corrected chi connectivity index (χ4v) is 4.03. The van der Waals surface area contributed by atoms with Gasteiger partial charge in [0.2, 0.25) is 0 Å². The Balaban J connectivity index is 1.38. The van der Waals surface area contributed by atoms with Crippen LogP contribution in [0, 0.1) is 6.92 Å². The molecule has 0 atom stereocenters. The molecule has 6 nitrogen and oxygen atoms in total. The summed E-state index contributed by atoms with van der Waals surface area (Å²) in [6, 6.07) is 24.1. The minimum atomic E-state index is -0.743. The van der Waals surface area contributed by atoms with Crippen molar-refractivity contribution in [3.05, 3.63) is 113 Å². The first kappa shape index (κ1) is 21.3. The molecule has 4 aromatic rings. The maximum Gasteiger partial charge on any atom is 0.338 e. The van der Waals surface area contributed by atoms with Crippen LogP contribution in [0.4, 0.5) is 5.69 Å². The quantitative estimate of drug-likeness (QED) is 0.244. The van der Waals surface area contributed by atoms with Gasteiger partial charge in [0.15, 0.2) is 12.4 Å². The number of anilines is 1. The lowest BCUT2D eigenvalue weighted by atomic mass is 10.1. The molecule has 0 fully saturated rings. The third-order valence-corrected chi connectivity index (χ3v) is 5.84. The number of ketones is 1. The number of benzene rings is 4. The first-order chi connectivity index (χ1) is 16.4. The molecule has 0 radical (unpaired) electrons. The molecule has 1 aliphatic rings. The molecule has 0 saturated heterocycles. The van der Waals surface area contributed by atoms with Gasteiger partial charge in [-0.05, 0) is 36.6 Å². The van der Waals surface area contributed by atoms with Gasteiger partial charge in [0, 0.05) is 10.9 Å². The molecule has 1 aliphatic heterocycles. The molecule has 0 saturated carbocycles. The number of carbonyl (C=O) groups is 4. The number of carbonyl (C=O) groups excluding carboxylic acids is 4. The van der Waals surface area contributed by atoms with Crippen molar-refractivity contribution in [3.8, 4) is 0 Å². The van der Waals surface area contributed by atoms with Crippen LogP contribution in [0.3, 0.4) is 0 Å². The molecule has 0 aromatic heterocycles. The standard InChI is InChI=1S/C28H19NO5/c1-17-9-11-19(12-10-17)25(30)16-34-28(33)20-13-14-22-23(15-20)27(32)29(26(22)31)24-8-4-6-18-5-2-3-7-21(18)24/h2-15H,16H2,1H3. The summed E-state index contributed by atoms with van der Waals surface area (Å²) in [5, 5.41) is 1.67. The topological polar surface area (TPSA) is 80.8 Å². The van der Waals surface area contributed by atoms with Gasteiger partial charge < -0.3 is 4.74 Å². The second-order valence-corrected chi connectivity index (χ2v) is 8.07. The number of esters is 1. The number of hydrogen-bond donors (Lipinski definition) is 0. The SMILES string of the molecule is Cc1ccc(C(=O)COC(=O)c2ccc3c(c2)C(=O)N(c2cccc4ccccc24)C3=O)cc1. The highest BCUT2D eigenvalue weighted by Gasteiger charge is 2.38. The molecular formula is C28H19NO5. The van der Waals surface area contributed by atoms with E-state index >= 15 is 0 Å². The van der Waals surface area contributed by atoms with E-state index in [1.165, 1.54) is 18.2 Å². The van der Waals surface area contributed by atoms with E-state index in [-0.39, 0.29) is 22.5 Å². The normalized spacial score (nSPS) is 12.7.